The number of alkyl halides is 3. The molecule has 1 fully saturated rings. The van der Waals surface area contributed by atoms with Gasteiger partial charge in [-0.2, -0.15) is 13.2 Å². The monoisotopic (exact) mass is 319 g/mol. The van der Waals surface area contributed by atoms with Gasteiger partial charge in [0.25, 0.3) is 0 Å². The maximum absolute atomic E-state index is 12.8. The van der Waals surface area contributed by atoms with E-state index in [2.05, 4.69) is 5.32 Å². The van der Waals surface area contributed by atoms with Gasteiger partial charge in [-0.05, 0) is 31.0 Å². The molecule has 0 bridgehead atoms. The van der Waals surface area contributed by atoms with Gasteiger partial charge in [-0.15, -0.1) is 0 Å². The molecular weight excluding hydrogens is 299 g/mol. The average Bonchev–Trinajstić information content (AvgIpc) is 2.54. The molecule has 7 heteroatoms. The topological polar surface area (TPSA) is 61.7 Å². The van der Waals surface area contributed by atoms with Crippen LogP contribution < -0.4 is 5.32 Å². The number of benzene rings is 1. The van der Waals surface area contributed by atoms with Crippen LogP contribution in [0.3, 0.4) is 0 Å². The predicted octanol–water partition coefficient (Wildman–Crippen LogP) is 2.57. The zero-order valence-corrected chi connectivity index (χ0v) is 12.2. The molecule has 124 valence electrons. The van der Waals surface area contributed by atoms with Crippen LogP contribution in [-0.4, -0.2) is 36.6 Å². The average molecular weight is 319 g/mol. The first-order chi connectivity index (χ1) is 10.5. The van der Waals surface area contributed by atoms with Gasteiger partial charge in [-0.25, -0.2) is 0 Å². The van der Waals surface area contributed by atoms with Crippen molar-refractivity contribution in [3.63, 3.8) is 0 Å². The lowest BCUT2D eigenvalue weighted by Crippen LogP contribution is -2.38. The Bertz CT molecular complexity index is 507. The molecule has 4 nitrogen and oxygen atoms in total. The summed E-state index contributed by atoms with van der Waals surface area (Å²) in [7, 11) is 1.00. The normalized spacial score (nSPS) is 26.9. The number of rotatable bonds is 1. The Morgan fingerprint density at radius 2 is 2.00 bits per heavy atom. The third-order valence-corrected chi connectivity index (χ3v) is 4.07. The molecule has 2 aliphatic rings. The standard InChI is InChI=1S/C14H16F3NO2.CH4O/c15-14(16,17)9-2-4-12-11(5-9)13-8(6-18-12)1-3-10(7-19)20-13;1-2/h2,4-5,8,10,13,18-19H,1,3,6-7H2;2H,1H3/t8-,10+,13-;/m0./s1. The molecule has 0 spiro atoms. The van der Waals surface area contributed by atoms with Crippen LogP contribution in [0.1, 0.15) is 30.1 Å². The van der Waals surface area contributed by atoms with Crippen molar-refractivity contribution in [1.82, 2.24) is 0 Å². The fourth-order valence-corrected chi connectivity index (χ4v) is 2.98. The SMILES string of the molecule is CO.OC[C@H]1CC[C@H]2CNc3ccc(C(F)(F)F)cc3[C@H]2O1. The van der Waals surface area contributed by atoms with Crippen molar-refractivity contribution in [1.29, 1.82) is 0 Å². The number of anilines is 1. The number of hydrogen-bond acceptors (Lipinski definition) is 4. The van der Waals surface area contributed by atoms with Crippen molar-refractivity contribution in [3.05, 3.63) is 29.3 Å². The van der Waals surface area contributed by atoms with Crippen LogP contribution in [0.5, 0.6) is 0 Å². The van der Waals surface area contributed by atoms with E-state index < -0.39 is 11.7 Å². The van der Waals surface area contributed by atoms with Gasteiger partial charge in [0.1, 0.15) is 0 Å². The number of halogens is 3. The lowest BCUT2D eigenvalue weighted by molar-refractivity contribution is -0.138. The summed E-state index contributed by atoms with van der Waals surface area (Å²) < 4.78 is 44.2. The van der Waals surface area contributed by atoms with Crippen LogP contribution in [0.15, 0.2) is 18.2 Å². The van der Waals surface area contributed by atoms with Crippen LogP contribution in [0, 0.1) is 5.92 Å². The van der Waals surface area contributed by atoms with Crippen LogP contribution in [0.2, 0.25) is 0 Å². The van der Waals surface area contributed by atoms with Crippen molar-refractivity contribution in [2.24, 2.45) is 5.92 Å². The molecular formula is C15H20F3NO3. The van der Waals surface area contributed by atoms with Gasteiger partial charge in [0, 0.05) is 30.8 Å². The third kappa shape index (κ3) is 3.37. The van der Waals surface area contributed by atoms with Gasteiger partial charge in [0.05, 0.1) is 24.4 Å². The number of aliphatic hydroxyl groups excluding tert-OH is 2. The molecule has 22 heavy (non-hydrogen) atoms. The minimum atomic E-state index is -4.35. The first-order valence-electron chi connectivity index (χ1n) is 7.15. The molecule has 0 aromatic heterocycles. The third-order valence-electron chi connectivity index (χ3n) is 4.07. The highest BCUT2D eigenvalue weighted by molar-refractivity contribution is 5.56. The molecule has 2 heterocycles. The first-order valence-corrected chi connectivity index (χ1v) is 7.15. The van der Waals surface area contributed by atoms with E-state index >= 15 is 0 Å². The van der Waals surface area contributed by atoms with Gasteiger partial charge in [-0.1, -0.05) is 0 Å². The fourth-order valence-electron chi connectivity index (χ4n) is 2.98. The summed E-state index contributed by atoms with van der Waals surface area (Å²) in [5.41, 5.74) is 0.584. The molecule has 0 unspecified atom stereocenters. The molecule has 1 aromatic rings. The zero-order valence-electron chi connectivity index (χ0n) is 12.2. The van der Waals surface area contributed by atoms with Crippen molar-refractivity contribution in [2.45, 2.75) is 31.2 Å². The van der Waals surface area contributed by atoms with Crippen LogP contribution in [-0.2, 0) is 10.9 Å². The molecule has 0 saturated carbocycles. The summed E-state index contributed by atoms with van der Waals surface area (Å²) in [6, 6.07) is 3.71. The molecule has 1 aromatic carbocycles. The molecule has 3 rings (SSSR count). The lowest BCUT2D eigenvalue weighted by atomic mass is 9.83. The summed E-state index contributed by atoms with van der Waals surface area (Å²) in [6.07, 6.45) is -3.41. The fraction of sp³-hybridized carbons (Fsp3) is 0.600. The lowest BCUT2D eigenvalue weighted by Gasteiger charge is -2.40. The maximum atomic E-state index is 12.8. The second-order valence-electron chi connectivity index (χ2n) is 5.38. The van der Waals surface area contributed by atoms with Crippen molar-refractivity contribution in [3.8, 4) is 0 Å². The second-order valence-corrected chi connectivity index (χ2v) is 5.38. The largest absolute Gasteiger partial charge is 0.416 e. The van der Waals surface area contributed by atoms with Crippen LogP contribution in [0.4, 0.5) is 18.9 Å². The number of nitrogens with one attached hydrogen (secondary N) is 1. The van der Waals surface area contributed by atoms with Gasteiger partial charge in [-0.3, -0.25) is 0 Å². The summed E-state index contributed by atoms with van der Waals surface area (Å²) in [4.78, 5) is 0. The highest BCUT2D eigenvalue weighted by Crippen LogP contribution is 2.44. The van der Waals surface area contributed by atoms with E-state index in [0.29, 0.717) is 17.8 Å². The summed E-state index contributed by atoms with van der Waals surface area (Å²) in [6.45, 7) is 0.603. The summed E-state index contributed by atoms with van der Waals surface area (Å²) in [5, 5.41) is 19.4. The molecule has 3 atom stereocenters. The van der Waals surface area contributed by atoms with Crippen molar-refractivity contribution < 1.29 is 28.1 Å². The molecule has 1 saturated heterocycles. The quantitative estimate of drug-likeness (QED) is 0.744. The first kappa shape index (κ1) is 17.1. The van der Waals surface area contributed by atoms with E-state index in [1.54, 1.807) is 0 Å². The Morgan fingerprint density at radius 3 is 2.64 bits per heavy atom. The van der Waals surface area contributed by atoms with Gasteiger partial charge in [0.15, 0.2) is 0 Å². The molecule has 0 radical (unpaired) electrons. The minimum Gasteiger partial charge on any atom is -0.400 e. The Hall–Kier alpha value is -1.31. The van der Waals surface area contributed by atoms with Crippen LogP contribution in [0.25, 0.3) is 0 Å². The van der Waals surface area contributed by atoms with Crippen LogP contribution >= 0.6 is 0 Å². The number of hydrogen-bond donors (Lipinski definition) is 3. The Morgan fingerprint density at radius 1 is 1.27 bits per heavy atom. The predicted molar refractivity (Wildman–Crippen MR) is 75.5 cm³/mol. The molecule has 2 aliphatic heterocycles. The number of aliphatic hydroxyl groups is 2. The maximum Gasteiger partial charge on any atom is 0.416 e. The summed E-state index contributed by atoms with van der Waals surface area (Å²) >= 11 is 0. The van der Waals surface area contributed by atoms with E-state index in [9.17, 15) is 18.3 Å². The molecule has 3 N–H and O–H groups in total. The van der Waals surface area contributed by atoms with E-state index in [0.717, 1.165) is 26.0 Å². The Kier molecular flexibility index (Phi) is 5.31. The van der Waals surface area contributed by atoms with Gasteiger partial charge in [0.2, 0.25) is 0 Å². The second kappa shape index (κ2) is 6.85. The summed E-state index contributed by atoms with van der Waals surface area (Å²) in [5.74, 6) is 0.161. The highest BCUT2D eigenvalue weighted by Gasteiger charge is 2.38. The van der Waals surface area contributed by atoms with Gasteiger partial charge >= 0.3 is 6.18 Å². The molecule has 0 aliphatic carbocycles. The Balaban J connectivity index is 0.000000847. The zero-order chi connectivity index (χ0) is 16.3. The number of fused-ring (bicyclic) bond motifs is 3. The van der Waals surface area contributed by atoms with Crippen molar-refractivity contribution in [2.75, 3.05) is 25.6 Å². The Labute approximate surface area is 126 Å². The van der Waals surface area contributed by atoms with E-state index in [1.165, 1.54) is 12.1 Å². The van der Waals surface area contributed by atoms with Crippen molar-refractivity contribution >= 4 is 5.69 Å². The highest BCUT2D eigenvalue weighted by atomic mass is 19.4. The molecule has 0 amide bonds. The smallest absolute Gasteiger partial charge is 0.400 e. The van der Waals surface area contributed by atoms with E-state index in [-0.39, 0.29) is 24.7 Å². The van der Waals surface area contributed by atoms with E-state index in [4.69, 9.17) is 9.84 Å². The van der Waals surface area contributed by atoms with E-state index in [1.807, 2.05) is 0 Å². The number of ether oxygens (including phenoxy) is 1. The minimum absolute atomic E-state index is 0.0923. The van der Waals surface area contributed by atoms with Gasteiger partial charge < -0.3 is 20.3 Å².